The molecule has 3 aromatic rings. The zero-order valence-electron chi connectivity index (χ0n) is 38.7. The summed E-state index contributed by atoms with van der Waals surface area (Å²) in [6.45, 7) is 1.64. The van der Waals surface area contributed by atoms with Crippen LogP contribution in [0.25, 0.3) is 10.9 Å². The Hall–Kier alpha value is -6.00. The average molecular weight is 969 g/mol. The van der Waals surface area contributed by atoms with Crippen LogP contribution >= 0.6 is 23.5 Å². The number of H-pyrrole nitrogens is 1. The number of nitrogens with two attached hydrogens (primary N) is 4. The molecular formula is C45H68N12O8S2. The predicted octanol–water partition coefficient (Wildman–Crippen LogP) is 0.237. The zero-order chi connectivity index (χ0) is 49.3. The Balaban J connectivity index is 1.94. The van der Waals surface area contributed by atoms with Gasteiger partial charge in [0.25, 0.3) is 0 Å². The highest BCUT2D eigenvalue weighted by Crippen LogP contribution is 2.29. The van der Waals surface area contributed by atoms with Gasteiger partial charge in [0.15, 0.2) is 5.96 Å². The smallest absolute Gasteiger partial charge is 0.243 e. The molecule has 0 bridgehead atoms. The quantitative estimate of drug-likeness (QED) is 0.0234. The van der Waals surface area contributed by atoms with E-state index in [1.165, 1.54) is 37.6 Å². The third-order valence-corrected chi connectivity index (χ3v) is 12.0. The molecule has 0 spiro atoms. The van der Waals surface area contributed by atoms with Gasteiger partial charge in [0, 0.05) is 43.5 Å². The van der Waals surface area contributed by atoms with Crippen molar-refractivity contribution in [2.75, 3.05) is 50.8 Å². The number of aromatic nitrogens is 1. The summed E-state index contributed by atoms with van der Waals surface area (Å²) < 4.78 is 5.48. The minimum Gasteiger partial charge on any atom is -0.497 e. The van der Waals surface area contributed by atoms with Crippen molar-refractivity contribution in [2.45, 2.75) is 94.4 Å². The number of primary amides is 1. The van der Waals surface area contributed by atoms with E-state index in [0.717, 1.165) is 5.56 Å². The molecule has 0 unspecified atom stereocenters. The second kappa shape index (κ2) is 29.6. The molecule has 1 aromatic heterocycles. The van der Waals surface area contributed by atoms with Crippen molar-refractivity contribution in [3.63, 3.8) is 0 Å². The molecule has 3 rings (SSSR count). The summed E-state index contributed by atoms with van der Waals surface area (Å²) in [5.74, 6) is -3.93. The van der Waals surface area contributed by atoms with Gasteiger partial charge in [-0.2, -0.15) is 23.5 Å². The summed E-state index contributed by atoms with van der Waals surface area (Å²) in [4.78, 5) is 102. The number of carbonyl (C=O) groups is 7. The number of ether oxygens (including phenoxy) is 1. The second-order valence-electron chi connectivity index (χ2n) is 15.8. The Morgan fingerprint density at radius 3 is 1.88 bits per heavy atom. The highest BCUT2D eigenvalue weighted by atomic mass is 32.2. The first-order valence-electron chi connectivity index (χ1n) is 22.1. The number of methoxy groups -OCH3 is 1. The highest BCUT2D eigenvalue weighted by Gasteiger charge is 2.33. The summed E-state index contributed by atoms with van der Waals surface area (Å²) in [6.07, 6.45) is 7.82. The van der Waals surface area contributed by atoms with E-state index in [-0.39, 0.29) is 51.2 Å². The fourth-order valence-corrected chi connectivity index (χ4v) is 8.10. The minimum atomic E-state index is -1.17. The van der Waals surface area contributed by atoms with Crippen LogP contribution in [0.1, 0.15) is 68.9 Å². The van der Waals surface area contributed by atoms with Gasteiger partial charge in [-0.3, -0.25) is 38.6 Å². The van der Waals surface area contributed by atoms with E-state index in [1.807, 2.05) is 18.6 Å². The SMILES string of the molecule is COc1ccc2[nH]cc([C@H](CNC(=O)[C@H](CCSC)NC(=O)[C@H](Cc3ccccc3)NC(=O)[C@H](CCCN=C(N)N)NC(C)=O)C(=O)N[C@@H](CCSC)C(=O)N[C@@H](CCCCN)C(N)=O)c2c1. The lowest BCUT2D eigenvalue weighted by molar-refractivity contribution is -0.133. The number of rotatable bonds is 31. The lowest BCUT2D eigenvalue weighted by Crippen LogP contribution is -2.57. The van der Waals surface area contributed by atoms with E-state index in [9.17, 15) is 33.6 Å². The predicted molar refractivity (Wildman–Crippen MR) is 264 cm³/mol. The maximum absolute atomic E-state index is 14.5. The molecule has 6 atom stereocenters. The van der Waals surface area contributed by atoms with Gasteiger partial charge in [-0.25, -0.2) is 0 Å². The number of carbonyl (C=O) groups excluding carboxylic acids is 7. The maximum atomic E-state index is 14.5. The third kappa shape index (κ3) is 19.0. The minimum absolute atomic E-state index is 0.0571. The summed E-state index contributed by atoms with van der Waals surface area (Å²) >= 11 is 2.93. The zero-order valence-corrected chi connectivity index (χ0v) is 40.3. The molecule has 0 radical (unpaired) electrons. The largest absolute Gasteiger partial charge is 0.497 e. The second-order valence-corrected chi connectivity index (χ2v) is 17.8. The third-order valence-electron chi connectivity index (χ3n) is 10.7. The molecule has 2 aromatic carbocycles. The molecule has 15 N–H and O–H groups in total. The molecule has 67 heavy (non-hydrogen) atoms. The lowest BCUT2D eigenvalue weighted by Gasteiger charge is -2.26. The van der Waals surface area contributed by atoms with E-state index in [0.29, 0.717) is 59.5 Å². The molecule has 0 aliphatic carbocycles. The van der Waals surface area contributed by atoms with Crippen molar-refractivity contribution in [1.29, 1.82) is 0 Å². The number of hydrogen-bond donors (Lipinski definition) is 11. The Labute approximate surface area is 400 Å². The summed E-state index contributed by atoms with van der Waals surface area (Å²) in [5, 5.41) is 17.3. The van der Waals surface area contributed by atoms with Gasteiger partial charge in [-0.15, -0.1) is 0 Å². The van der Waals surface area contributed by atoms with Crippen LogP contribution in [0.2, 0.25) is 0 Å². The molecule has 7 amide bonds. The van der Waals surface area contributed by atoms with Gasteiger partial charge in [-0.1, -0.05) is 30.3 Å². The summed E-state index contributed by atoms with van der Waals surface area (Å²) in [6, 6.07) is 8.95. The number of nitrogens with zero attached hydrogens (tertiary/aromatic N) is 1. The number of nitrogens with one attached hydrogen (secondary N) is 7. The van der Waals surface area contributed by atoms with Gasteiger partial charge in [-0.05, 0) is 105 Å². The van der Waals surface area contributed by atoms with Crippen LogP contribution in [0.15, 0.2) is 59.7 Å². The fourth-order valence-electron chi connectivity index (χ4n) is 7.16. The van der Waals surface area contributed by atoms with E-state index >= 15 is 0 Å². The number of aliphatic imine (C=N–C) groups is 1. The fraction of sp³-hybridized carbons (Fsp3) is 0.511. The Bertz CT molecular complexity index is 2120. The van der Waals surface area contributed by atoms with Gasteiger partial charge >= 0.3 is 0 Å². The van der Waals surface area contributed by atoms with Gasteiger partial charge < -0.3 is 64.6 Å². The first kappa shape index (κ1) is 55.3. The van der Waals surface area contributed by atoms with Crippen molar-refractivity contribution in [3.05, 3.63) is 65.9 Å². The molecule has 0 saturated carbocycles. The summed E-state index contributed by atoms with van der Waals surface area (Å²) in [7, 11) is 1.51. The molecule has 0 aliphatic heterocycles. The molecule has 20 nitrogen and oxygen atoms in total. The Morgan fingerprint density at radius 2 is 1.28 bits per heavy atom. The topological polar surface area (TPSA) is 333 Å². The number of benzene rings is 2. The van der Waals surface area contributed by atoms with Crippen LogP contribution in [-0.2, 0) is 40.0 Å². The molecule has 1 heterocycles. The van der Waals surface area contributed by atoms with E-state index in [4.69, 9.17) is 27.7 Å². The first-order valence-corrected chi connectivity index (χ1v) is 24.9. The number of hydrogen-bond acceptors (Lipinski definition) is 12. The number of guanidine groups is 1. The van der Waals surface area contributed by atoms with E-state index in [1.54, 1.807) is 48.7 Å². The number of aromatic amines is 1. The van der Waals surface area contributed by atoms with Crippen molar-refractivity contribution in [3.8, 4) is 5.75 Å². The standard InChI is InChI=1S/C45H68N12O8S2/c1-27(58)53-35(14-10-20-50-45(48)49)42(62)57-38(23-28-11-6-5-7-12-28)44(64)56-36(17-21-66-3)41(61)52-26-32(31-25-51-33-16-15-29(65-2)24-30(31)33)40(60)55-37(18-22-67-4)43(63)54-34(39(47)59)13-8-9-19-46/h5-7,11-12,15-16,24-25,32,34-38,51H,8-10,13-14,17-23,26,46H2,1-4H3,(H2,47,59)(H,52,61)(H,53,58)(H,54,63)(H,55,60)(H,56,64)(H,57,62)(H4,48,49,50)/t32-,34-,35-,36-,37-,38-/m0/s1. The highest BCUT2D eigenvalue weighted by molar-refractivity contribution is 7.98. The Morgan fingerprint density at radius 1 is 0.701 bits per heavy atom. The molecule has 22 heteroatoms. The molecule has 0 aliphatic rings. The number of fused-ring (bicyclic) bond motifs is 1. The molecule has 0 fully saturated rings. The average Bonchev–Trinajstić information content (AvgIpc) is 3.72. The molecular weight excluding hydrogens is 901 g/mol. The molecule has 0 saturated heterocycles. The van der Waals surface area contributed by atoms with Gasteiger partial charge in [0.05, 0.1) is 13.0 Å². The van der Waals surface area contributed by atoms with Gasteiger partial charge in [0.1, 0.15) is 36.0 Å². The maximum Gasteiger partial charge on any atom is 0.243 e. The normalized spacial score (nSPS) is 13.7. The van der Waals surface area contributed by atoms with Crippen molar-refractivity contribution >= 4 is 81.7 Å². The van der Waals surface area contributed by atoms with Gasteiger partial charge in [0.2, 0.25) is 41.4 Å². The van der Waals surface area contributed by atoms with E-state index in [2.05, 4.69) is 41.9 Å². The van der Waals surface area contributed by atoms with Crippen molar-refractivity contribution in [2.24, 2.45) is 27.9 Å². The Kier molecular flexibility index (Phi) is 24.4. The lowest BCUT2D eigenvalue weighted by atomic mass is 9.96. The molecule has 368 valence electrons. The van der Waals surface area contributed by atoms with E-state index < -0.39 is 77.5 Å². The number of unbranched alkanes of at least 4 members (excludes halogenated alkanes) is 1. The van der Waals surface area contributed by atoms with Crippen LogP contribution in [0.5, 0.6) is 5.75 Å². The number of amides is 7. The summed E-state index contributed by atoms with van der Waals surface area (Å²) in [5.41, 5.74) is 24.1. The van der Waals surface area contributed by atoms with Crippen molar-refractivity contribution < 1.29 is 38.3 Å². The first-order chi connectivity index (χ1) is 32.1. The number of thioether (sulfide) groups is 2. The van der Waals surface area contributed by atoms with Crippen LogP contribution in [0.4, 0.5) is 0 Å². The van der Waals surface area contributed by atoms with Crippen LogP contribution in [0.3, 0.4) is 0 Å². The van der Waals surface area contributed by atoms with Crippen LogP contribution in [-0.4, -0.2) is 133 Å². The van der Waals surface area contributed by atoms with Crippen molar-refractivity contribution in [1.82, 2.24) is 36.9 Å². The monoisotopic (exact) mass is 968 g/mol. The van der Waals surface area contributed by atoms with Crippen LogP contribution in [0, 0.1) is 0 Å². The van der Waals surface area contributed by atoms with Crippen LogP contribution < -0.4 is 59.6 Å².